The lowest BCUT2D eigenvalue weighted by Crippen LogP contribution is -1.89. The van der Waals surface area contributed by atoms with Crippen molar-refractivity contribution >= 4 is 22.7 Å². The summed E-state index contributed by atoms with van der Waals surface area (Å²) in [7, 11) is 0. The predicted octanol–water partition coefficient (Wildman–Crippen LogP) is 4.29. The van der Waals surface area contributed by atoms with E-state index in [0.29, 0.717) is 15.7 Å². The molecule has 1 aromatic heterocycles. The lowest BCUT2D eigenvalue weighted by molar-refractivity contribution is 0.564. The Balaban J connectivity index is 2.09. The molecule has 4 nitrogen and oxygen atoms in total. The Morgan fingerprint density at radius 3 is 2.23 bits per heavy atom. The van der Waals surface area contributed by atoms with Crippen LogP contribution in [-0.2, 0) is 11.1 Å². The number of aromatic amines is 1. The van der Waals surface area contributed by atoms with Gasteiger partial charge in [0, 0.05) is 11.1 Å². The van der Waals surface area contributed by atoms with Gasteiger partial charge in [0.25, 0.3) is 0 Å². The predicted molar refractivity (Wildman–Crippen MR) is 88.2 cm³/mol. The van der Waals surface area contributed by atoms with Crippen LogP contribution < -0.4 is 0 Å². The van der Waals surface area contributed by atoms with E-state index in [-0.39, 0.29) is 0 Å². The van der Waals surface area contributed by atoms with Crippen molar-refractivity contribution in [1.29, 1.82) is 0 Å². The molecule has 0 saturated heterocycles. The number of hydrogen-bond donors (Lipinski definition) is 2. The quantitative estimate of drug-likeness (QED) is 0.703. The molecule has 6 heteroatoms. The molecule has 0 aliphatic heterocycles. The van der Waals surface area contributed by atoms with Gasteiger partial charge in [0.2, 0.25) is 0 Å². The first-order chi connectivity index (χ1) is 10.6. The molecule has 0 spiro atoms. The highest BCUT2D eigenvalue weighted by Crippen LogP contribution is 2.35. The summed E-state index contributed by atoms with van der Waals surface area (Å²) in [5.74, 6) is 0. The van der Waals surface area contributed by atoms with E-state index in [4.69, 9.17) is 16.2 Å². The molecule has 1 atom stereocenters. The van der Waals surface area contributed by atoms with Crippen LogP contribution in [0.1, 0.15) is 5.56 Å². The molecular formula is C16H13ClN2O2S. The van der Waals surface area contributed by atoms with Gasteiger partial charge in [-0.25, -0.2) is 4.21 Å². The van der Waals surface area contributed by atoms with Crippen molar-refractivity contribution in [3.05, 3.63) is 59.2 Å². The van der Waals surface area contributed by atoms with Crippen LogP contribution in [-0.4, -0.2) is 19.0 Å². The minimum Gasteiger partial charge on any atom is -0.302 e. The van der Waals surface area contributed by atoms with Gasteiger partial charge < -0.3 is 4.55 Å². The van der Waals surface area contributed by atoms with Crippen molar-refractivity contribution in [2.75, 3.05) is 0 Å². The number of aryl methyl sites for hydroxylation is 1. The van der Waals surface area contributed by atoms with Crippen molar-refractivity contribution < 1.29 is 8.76 Å². The SMILES string of the molecule is Cc1ccc(-c2c(-c3ccc(S(=O)O)cc3)n[nH]c2Cl)cc1. The van der Waals surface area contributed by atoms with Crippen LogP contribution in [0.4, 0.5) is 0 Å². The van der Waals surface area contributed by atoms with E-state index < -0.39 is 11.1 Å². The molecule has 0 aliphatic carbocycles. The first-order valence-corrected chi connectivity index (χ1v) is 8.07. The molecule has 3 rings (SSSR count). The molecule has 22 heavy (non-hydrogen) atoms. The number of rotatable bonds is 3. The van der Waals surface area contributed by atoms with E-state index in [1.165, 1.54) is 5.56 Å². The summed E-state index contributed by atoms with van der Waals surface area (Å²) in [6, 6.07) is 14.7. The molecule has 0 radical (unpaired) electrons. The maximum atomic E-state index is 11.0. The van der Waals surface area contributed by atoms with E-state index in [0.717, 1.165) is 16.7 Å². The van der Waals surface area contributed by atoms with Crippen LogP contribution in [0.2, 0.25) is 5.15 Å². The summed E-state index contributed by atoms with van der Waals surface area (Å²) in [4.78, 5) is 0.349. The summed E-state index contributed by atoms with van der Waals surface area (Å²) >= 11 is 4.26. The average Bonchev–Trinajstić information content (AvgIpc) is 2.90. The van der Waals surface area contributed by atoms with Gasteiger partial charge >= 0.3 is 0 Å². The minimum absolute atomic E-state index is 0.349. The fourth-order valence-corrected chi connectivity index (χ4v) is 2.85. The first kappa shape index (κ1) is 15.0. The molecule has 0 saturated carbocycles. The van der Waals surface area contributed by atoms with Gasteiger partial charge in [0.1, 0.15) is 10.8 Å². The number of H-pyrrole nitrogens is 1. The molecule has 0 fully saturated rings. The molecule has 0 amide bonds. The molecule has 0 bridgehead atoms. The highest BCUT2D eigenvalue weighted by atomic mass is 35.5. The Morgan fingerprint density at radius 1 is 1.05 bits per heavy atom. The zero-order chi connectivity index (χ0) is 15.7. The lowest BCUT2D eigenvalue weighted by atomic mass is 10.0. The van der Waals surface area contributed by atoms with Gasteiger partial charge in [-0.3, -0.25) is 5.10 Å². The standard InChI is InChI=1S/C16H13ClN2O2S/c1-10-2-4-11(5-3-10)14-15(18-19-16(14)17)12-6-8-13(9-7-12)22(20)21/h2-9H,1H3,(H,18,19)(H,20,21). The van der Waals surface area contributed by atoms with Crippen LogP contribution in [0.25, 0.3) is 22.4 Å². The van der Waals surface area contributed by atoms with E-state index in [1.807, 2.05) is 31.2 Å². The van der Waals surface area contributed by atoms with Gasteiger partial charge in [0.05, 0.1) is 4.90 Å². The maximum absolute atomic E-state index is 11.0. The largest absolute Gasteiger partial charge is 0.302 e. The number of aromatic nitrogens is 2. The third kappa shape index (κ3) is 2.83. The fourth-order valence-electron chi connectivity index (χ4n) is 2.24. The molecular weight excluding hydrogens is 320 g/mol. The molecule has 3 aromatic rings. The number of nitrogens with zero attached hydrogens (tertiary/aromatic N) is 1. The van der Waals surface area contributed by atoms with Gasteiger partial charge in [-0.15, -0.1) is 0 Å². The van der Waals surface area contributed by atoms with Crippen LogP contribution in [0.3, 0.4) is 0 Å². The second-order valence-electron chi connectivity index (χ2n) is 4.90. The summed E-state index contributed by atoms with van der Waals surface area (Å²) in [6.07, 6.45) is 0. The van der Waals surface area contributed by atoms with Crippen LogP contribution in [0.5, 0.6) is 0 Å². The van der Waals surface area contributed by atoms with Crippen LogP contribution in [0.15, 0.2) is 53.4 Å². The third-order valence-corrected chi connectivity index (χ3v) is 4.34. The first-order valence-electron chi connectivity index (χ1n) is 6.58. The summed E-state index contributed by atoms with van der Waals surface area (Å²) in [6.45, 7) is 2.02. The van der Waals surface area contributed by atoms with Crippen LogP contribution >= 0.6 is 11.6 Å². The van der Waals surface area contributed by atoms with Gasteiger partial charge in [-0.1, -0.05) is 53.6 Å². The summed E-state index contributed by atoms with van der Waals surface area (Å²) in [5, 5.41) is 7.52. The molecule has 2 N–H and O–H groups in total. The van der Waals surface area contributed by atoms with E-state index >= 15 is 0 Å². The number of halogens is 1. The lowest BCUT2D eigenvalue weighted by Gasteiger charge is -2.05. The topological polar surface area (TPSA) is 66.0 Å². The van der Waals surface area contributed by atoms with Gasteiger partial charge in [0.15, 0.2) is 11.1 Å². The number of nitrogens with one attached hydrogen (secondary N) is 1. The zero-order valence-electron chi connectivity index (χ0n) is 11.7. The van der Waals surface area contributed by atoms with E-state index in [9.17, 15) is 4.21 Å². The molecule has 2 aromatic carbocycles. The smallest absolute Gasteiger partial charge is 0.186 e. The average molecular weight is 333 g/mol. The van der Waals surface area contributed by atoms with Crippen molar-refractivity contribution in [3.63, 3.8) is 0 Å². The van der Waals surface area contributed by atoms with Gasteiger partial charge in [-0.05, 0) is 24.6 Å². The summed E-state index contributed by atoms with van der Waals surface area (Å²) < 4.78 is 20.1. The number of benzene rings is 2. The maximum Gasteiger partial charge on any atom is 0.186 e. The Hall–Kier alpha value is -1.95. The molecule has 112 valence electrons. The Bertz CT molecular complexity index is 826. The highest BCUT2D eigenvalue weighted by Gasteiger charge is 2.15. The highest BCUT2D eigenvalue weighted by molar-refractivity contribution is 7.79. The zero-order valence-corrected chi connectivity index (χ0v) is 13.3. The normalized spacial score (nSPS) is 12.3. The second-order valence-corrected chi connectivity index (χ2v) is 6.25. The Morgan fingerprint density at radius 2 is 1.64 bits per heavy atom. The molecule has 1 unspecified atom stereocenters. The Kier molecular flexibility index (Phi) is 4.11. The third-order valence-electron chi connectivity index (χ3n) is 3.39. The Labute approximate surface area is 135 Å². The monoisotopic (exact) mass is 332 g/mol. The molecule has 0 aliphatic rings. The van der Waals surface area contributed by atoms with E-state index in [2.05, 4.69) is 10.2 Å². The van der Waals surface area contributed by atoms with Crippen molar-refractivity contribution in [1.82, 2.24) is 10.2 Å². The second kappa shape index (κ2) is 6.04. The van der Waals surface area contributed by atoms with Crippen molar-refractivity contribution in [2.45, 2.75) is 11.8 Å². The minimum atomic E-state index is -1.99. The fraction of sp³-hybridized carbons (Fsp3) is 0.0625. The van der Waals surface area contributed by atoms with Crippen molar-refractivity contribution in [3.8, 4) is 22.4 Å². The summed E-state index contributed by atoms with van der Waals surface area (Å²) in [5.41, 5.74) is 4.49. The van der Waals surface area contributed by atoms with Gasteiger partial charge in [-0.2, -0.15) is 5.10 Å². The van der Waals surface area contributed by atoms with Crippen LogP contribution in [0, 0.1) is 6.92 Å². The molecule has 1 heterocycles. The number of hydrogen-bond acceptors (Lipinski definition) is 2. The van der Waals surface area contributed by atoms with Crippen molar-refractivity contribution in [2.24, 2.45) is 0 Å². The van der Waals surface area contributed by atoms with E-state index in [1.54, 1.807) is 24.3 Å².